The molecular formula is C20H24N4OS. The van der Waals surface area contributed by atoms with E-state index in [4.69, 9.17) is 17.0 Å². The molecule has 0 radical (unpaired) electrons. The van der Waals surface area contributed by atoms with Gasteiger partial charge in [-0.05, 0) is 55.9 Å². The molecule has 0 atom stereocenters. The fraction of sp³-hybridized carbons (Fsp3) is 0.350. The van der Waals surface area contributed by atoms with Crippen molar-refractivity contribution in [2.75, 3.05) is 7.11 Å². The summed E-state index contributed by atoms with van der Waals surface area (Å²) in [5.74, 6) is 0.808. The van der Waals surface area contributed by atoms with Gasteiger partial charge in [-0.1, -0.05) is 36.8 Å². The third kappa shape index (κ3) is 4.19. The van der Waals surface area contributed by atoms with Gasteiger partial charge in [-0.25, -0.2) is 0 Å². The molecule has 1 N–H and O–H groups in total. The molecule has 3 aromatic rings. The molecule has 1 aromatic carbocycles. The molecule has 5 nitrogen and oxygen atoms in total. The summed E-state index contributed by atoms with van der Waals surface area (Å²) in [5, 5.41) is 10.6. The van der Waals surface area contributed by atoms with E-state index in [1.54, 1.807) is 13.3 Å². The first-order chi connectivity index (χ1) is 12.7. The quantitative estimate of drug-likeness (QED) is 0.466. The standard InChI is InChI=1S/C20H24N4OS/c1-15-8-6-7-11-18(15)24-13-12-16(19(25-2)20(24)26)9-4-3-5-10-17-14-21-23-22-17/h6-8,11-14H,3-5,9-10H2,1-2H3,(H,21,22,23). The number of hydrogen-bond donors (Lipinski definition) is 1. The van der Waals surface area contributed by atoms with Gasteiger partial charge in [-0.2, -0.15) is 15.4 Å². The monoisotopic (exact) mass is 368 g/mol. The molecule has 136 valence electrons. The number of aromatic nitrogens is 4. The van der Waals surface area contributed by atoms with Gasteiger partial charge in [0.1, 0.15) is 0 Å². The Labute approximate surface area is 159 Å². The van der Waals surface area contributed by atoms with Crippen LogP contribution in [0.1, 0.15) is 36.1 Å². The first-order valence-corrected chi connectivity index (χ1v) is 9.30. The zero-order valence-corrected chi connectivity index (χ0v) is 16.1. The maximum absolute atomic E-state index is 5.70. The van der Waals surface area contributed by atoms with E-state index < -0.39 is 0 Å². The Morgan fingerprint density at radius 1 is 1.12 bits per heavy atom. The minimum absolute atomic E-state index is 0.724. The van der Waals surface area contributed by atoms with Gasteiger partial charge >= 0.3 is 0 Å². The molecule has 6 heteroatoms. The van der Waals surface area contributed by atoms with Gasteiger partial charge in [-0.15, -0.1) is 0 Å². The summed E-state index contributed by atoms with van der Waals surface area (Å²) < 4.78 is 8.40. The highest BCUT2D eigenvalue weighted by molar-refractivity contribution is 7.71. The van der Waals surface area contributed by atoms with Crippen molar-refractivity contribution in [1.29, 1.82) is 0 Å². The lowest BCUT2D eigenvalue weighted by Gasteiger charge is -2.15. The summed E-state index contributed by atoms with van der Waals surface area (Å²) in [6, 6.07) is 10.4. The number of nitrogens with one attached hydrogen (secondary N) is 1. The summed E-state index contributed by atoms with van der Waals surface area (Å²) in [5.41, 5.74) is 4.47. The Bertz CT molecular complexity index is 902. The van der Waals surface area contributed by atoms with E-state index in [0.717, 1.165) is 53.9 Å². The molecule has 0 saturated heterocycles. The molecule has 0 amide bonds. The second-order valence-electron chi connectivity index (χ2n) is 6.36. The predicted molar refractivity (Wildman–Crippen MR) is 106 cm³/mol. The number of nitrogens with zero attached hydrogens (tertiary/aromatic N) is 3. The van der Waals surface area contributed by atoms with Gasteiger partial charge in [0, 0.05) is 11.9 Å². The fourth-order valence-corrected chi connectivity index (χ4v) is 3.51. The summed E-state index contributed by atoms with van der Waals surface area (Å²) in [4.78, 5) is 0. The van der Waals surface area contributed by atoms with Crippen LogP contribution in [0.4, 0.5) is 0 Å². The zero-order chi connectivity index (χ0) is 18.4. The highest BCUT2D eigenvalue weighted by Gasteiger charge is 2.10. The van der Waals surface area contributed by atoms with E-state index in [9.17, 15) is 0 Å². The average Bonchev–Trinajstić information content (AvgIpc) is 3.16. The Morgan fingerprint density at radius 3 is 2.65 bits per heavy atom. The van der Waals surface area contributed by atoms with Crippen LogP contribution in [-0.4, -0.2) is 27.1 Å². The number of para-hydroxylation sites is 1. The zero-order valence-electron chi connectivity index (χ0n) is 15.2. The largest absolute Gasteiger partial charge is 0.493 e. The molecule has 0 fully saturated rings. The van der Waals surface area contributed by atoms with Crippen LogP contribution in [0.15, 0.2) is 42.7 Å². The molecule has 0 bridgehead atoms. The van der Waals surface area contributed by atoms with E-state index in [2.05, 4.69) is 46.7 Å². The van der Waals surface area contributed by atoms with E-state index in [1.807, 2.05) is 16.7 Å². The molecule has 26 heavy (non-hydrogen) atoms. The highest BCUT2D eigenvalue weighted by Crippen LogP contribution is 2.25. The van der Waals surface area contributed by atoms with Crippen molar-refractivity contribution in [3.8, 4) is 11.4 Å². The van der Waals surface area contributed by atoms with E-state index in [0.29, 0.717) is 0 Å². The smallest absolute Gasteiger partial charge is 0.157 e. The Morgan fingerprint density at radius 2 is 1.92 bits per heavy atom. The number of pyridine rings is 1. The highest BCUT2D eigenvalue weighted by atomic mass is 32.1. The van der Waals surface area contributed by atoms with Crippen LogP contribution >= 0.6 is 12.2 Å². The summed E-state index contributed by atoms with van der Waals surface area (Å²) in [7, 11) is 1.70. The minimum Gasteiger partial charge on any atom is -0.493 e. The van der Waals surface area contributed by atoms with Gasteiger partial charge in [0.2, 0.25) is 0 Å². The van der Waals surface area contributed by atoms with Gasteiger partial charge in [0.05, 0.1) is 19.0 Å². The normalized spacial score (nSPS) is 10.8. The van der Waals surface area contributed by atoms with Crippen LogP contribution in [0.2, 0.25) is 0 Å². The number of aryl methyl sites for hydroxylation is 3. The van der Waals surface area contributed by atoms with Crippen molar-refractivity contribution >= 4 is 12.2 Å². The van der Waals surface area contributed by atoms with E-state index in [-0.39, 0.29) is 0 Å². The number of rotatable bonds is 8. The molecule has 0 aliphatic carbocycles. The Hall–Kier alpha value is -2.47. The first kappa shape index (κ1) is 18.3. The maximum Gasteiger partial charge on any atom is 0.157 e. The molecule has 3 rings (SSSR count). The van der Waals surface area contributed by atoms with Crippen LogP contribution in [0.25, 0.3) is 5.69 Å². The molecule has 2 heterocycles. The number of aromatic amines is 1. The van der Waals surface area contributed by atoms with Gasteiger partial charge in [0.25, 0.3) is 0 Å². The number of H-pyrrole nitrogens is 1. The third-order valence-corrected chi connectivity index (χ3v) is 4.93. The van der Waals surface area contributed by atoms with Gasteiger partial charge < -0.3 is 9.30 Å². The minimum atomic E-state index is 0.724. The maximum atomic E-state index is 5.70. The second-order valence-corrected chi connectivity index (χ2v) is 6.74. The molecule has 0 aliphatic heterocycles. The number of ether oxygens (including phenoxy) is 1. The number of hydrogen-bond acceptors (Lipinski definition) is 4. The van der Waals surface area contributed by atoms with Crippen molar-refractivity contribution in [3.05, 3.63) is 64.2 Å². The number of benzene rings is 1. The van der Waals surface area contributed by atoms with E-state index >= 15 is 0 Å². The molecule has 0 unspecified atom stereocenters. The van der Waals surface area contributed by atoms with Gasteiger partial charge in [-0.3, -0.25) is 0 Å². The van der Waals surface area contributed by atoms with E-state index in [1.165, 1.54) is 11.1 Å². The third-order valence-electron chi connectivity index (χ3n) is 4.55. The fourth-order valence-electron chi connectivity index (χ4n) is 3.14. The lowest BCUT2D eigenvalue weighted by molar-refractivity contribution is 0.403. The Kier molecular flexibility index (Phi) is 6.17. The second kappa shape index (κ2) is 8.76. The van der Waals surface area contributed by atoms with Crippen molar-refractivity contribution in [2.24, 2.45) is 0 Å². The summed E-state index contributed by atoms with van der Waals surface area (Å²) in [6.07, 6.45) is 9.09. The average molecular weight is 369 g/mol. The predicted octanol–water partition coefficient (Wildman–Crippen LogP) is 4.60. The van der Waals surface area contributed by atoms with Crippen LogP contribution < -0.4 is 4.74 Å². The van der Waals surface area contributed by atoms with Crippen LogP contribution in [-0.2, 0) is 12.8 Å². The number of methoxy groups -OCH3 is 1. The molecule has 0 spiro atoms. The molecule has 2 aromatic heterocycles. The van der Waals surface area contributed by atoms with Crippen molar-refractivity contribution in [2.45, 2.75) is 39.0 Å². The van der Waals surface area contributed by atoms with Gasteiger partial charge in [0.15, 0.2) is 10.4 Å². The lowest BCUT2D eigenvalue weighted by Crippen LogP contribution is -2.04. The lowest BCUT2D eigenvalue weighted by atomic mass is 10.1. The molecule has 0 aliphatic rings. The summed E-state index contributed by atoms with van der Waals surface area (Å²) in [6.45, 7) is 2.09. The molecule has 0 saturated carbocycles. The Balaban J connectivity index is 1.67. The van der Waals surface area contributed by atoms with Crippen molar-refractivity contribution in [1.82, 2.24) is 20.0 Å². The summed E-state index contributed by atoms with van der Waals surface area (Å²) >= 11 is 5.70. The topological polar surface area (TPSA) is 55.7 Å². The van der Waals surface area contributed by atoms with Crippen LogP contribution in [0, 0.1) is 11.6 Å². The SMILES string of the molecule is COc1c(CCCCCc2cn[nH]n2)ccn(-c2ccccc2C)c1=S. The van der Waals surface area contributed by atoms with Crippen LogP contribution in [0.5, 0.6) is 5.75 Å². The van der Waals surface area contributed by atoms with Crippen LogP contribution in [0.3, 0.4) is 0 Å². The van der Waals surface area contributed by atoms with Crippen molar-refractivity contribution < 1.29 is 4.74 Å². The number of unbranched alkanes of at least 4 members (excludes halogenated alkanes) is 2. The first-order valence-electron chi connectivity index (χ1n) is 8.90. The molecular weight excluding hydrogens is 344 g/mol. The van der Waals surface area contributed by atoms with Crippen molar-refractivity contribution in [3.63, 3.8) is 0 Å².